The maximum Gasteiger partial charge on any atom is 0.408 e. The van der Waals surface area contributed by atoms with Crippen molar-refractivity contribution >= 4 is 17.9 Å². The van der Waals surface area contributed by atoms with Crippen molar-refractivity contribution in [2.45, 2.75) is 98.0 Å². The molecule has 1 aliphatic carbocycles. The molecule has 2 N–H and O–H groups in total. The van der Waals surface area contributed by atoms with Crippen LogP contribution in [-0.4, -0.2) is 46.5 Å². The summed E-state index contributed by atoms with van der Waals surface area (Å²) in [5.74, 6) is -0.510. The minimum Gasteiger partial charge on any atom is -0.444 e. The molecule has 1 aliphatic rings. The Bertz CT molecular complexity index is 825. The maximum atomic E-state index is 13.5. The van der Waals surface area contributed by atoms with Crippen LogP contribution in [0.5, 0.6) is 0 Å². The van der Waals surface area contributed by atoms with E-state index in [9.17, 15) is 14.4 Å². The van der Waals surface area contributed by atoms with Crippen molar-refractivity contribution in [1.29, 1.82) is 0 Å². The van der Waals surface area contributed by atoms with E-state index in [2.05, 4.69) is 10.6 Å². The van der Waals surface area contributed by atoms with Gasteiger partial charge in [0.05, 0.1) is 0 Å². The van der Waals surface area contributed by atoms with Gasteiger partial charge in [-0.1, -0.05) is 23.8 Å². The Labute approximate surface area is 185 Å². The van der Waals surface area contributed by atoms with Crippen LogP contribution >= 0.6 is 0 Å². The lowest BCUT2D eigenvalue weighted by atomic mass is 9.96. The molecule has 0 heterocycles. The third kappa shape index (κ3) is 6.97. The highest BCUT2D eigenvalue weighted by Gasteiger charge is 2.43. The first-order valence-electron chi connectivity index (χ1n) is 11.0. The van der Waals surface area contributed by atoms with E-state index in [1.54, 1.807) is 32.6 Å². The summed E-state index contributed by atoms with van der Waals surface area (Å²) < 4.78 is 5.29. The molecule has 172 valence electrons. The Kier molecular flexibility index (Phi) is 7.73. The largest absolute Gasteiger partial charge is 0.444 e. The van der Waals surface area contributed by atoms with Gasteiger partial charge in [0.25, 0.3) is 0 Å². The minimum atomic E-state index is -0.824. The molecule has 2 rings (SSSR count). The third-order valence-electron chi connectivity index (χ3n) is 4.98. The number of carbonyl (C=O) groups is 3. The number of aryl methyl sites for hydroxylation is 2. The maximum absolute atomic E-state index is 13.5. The number of hydrogen-bond acceptors (Lipinski definition) is 4. The number of carbonyl (C=O) groups excluding carboxylic acids is 3. The first-order valence-corrected chi connectivity index (χ1v) is 11.0. The second-order valence-corrected chi connectivity index (χ2v) is 9.77. The summed E-state index contributed by atoms with van der Waals surface area (Å²) in [5.41, 5.74) is 2.18. The van der Waals surface area contributed by atoms with E-state index < -0.39 is 23.8 Å². The number of benzene rings is 1. The molecular formula is C24H37N3O4. The van der Waals surface area contributed by atoms with E-state index >= 15 is 0 Å². The quantitative estimate of drug-likeness (QED) is 0.688. The summed E-state index contributed by atoms with van der Waals surface area (Å²) in [6.07, 6.45) is 1.02. The third-order valence-corrected chi connectivity index (χ3v) is 4.98. The van der Waals surface area contributed by atoms with Crippen molar-refractivity contribution < 1.29 is 19.1 Å². The highest BCUT2D eigenvalue weighted by molar-refractivity contribution is 5.92. The van der Waals surface area contributed by atoms with Gasteiger partial charge in [-0.2, -0.15) is 0 Å². The zero-order valence-electron chi connectivity index (χ0n) is 20.0. The SMILES string of the molecule is Cc1ccc(C(C(=O)NC(C)C)N(C(=O)C(C)NC(=O)OC(C)(C)C)C2CC2)c(C)c1. The second kappa shape index (κ2) is 9.71. The molecule has 1 saturated carbocycles. The summed E-state index contributed by atoms with van der Waals surface area (Å²) in [4.78, 5) is 40.6. The highest BCUT2D eigenvalue weighted by atomic mass is 16.6. The number of alkyl carbamates (subject to hydrolysis) is 1. The first-order chi connectivity index (χ1) is 14.3. The molecule has 0 radical (unpaired) electrons. The van der Waals surface area contributed by atoms with Crippen molar-refractivity contribution in [3.05, 3.63) is 34.9 Å². The van der Waals surface area contributed by atoms with Crippen LogP contribution in [0.1, 0.15) is 77.1 Å². The van der Waals surface area contributed by atoms with Gasteiger partial charge in [-0.25, -0.2) is 4.79 Å². The molecule has 7 heteroatoms. The molecule has 1 aromatic rings. The van der Waals surface area contributed by atoms with E-state index in [1.165, 1.54) is 0 Å². The minimum absolute atomic E-state index is 0.0287. The van der Waals surface area contributed by atoms with Crippen molar-refractivity contribution in [3.63, 3.8) is 0 Å². The number of nitrogens with one attached hydrogen (secondary N) is 2. The van der Waals surface area contributed by atoms with Crippen molar-refractivity contribution in [2.75, 3.05) is 0 Å². The molecule has 1 fully saturated rings. The average molecular weight is 432 g/mol. The average Bonchev–Trinajstić information content (AvgIpc) is 3.42. The molecule has 0 aliphatic heterocycles. The predicted molar refractivity (Wildman–Crippen MR) is 121 cm³/mol. The standard InChI is InChI=1S/C24H37N3O4/c1-14(2)25-21(28)20(19-12-9-15(3)13-16(19)4)27(18-10-11-18)22(29)17(5)26-23(30)31-24(6,7)8/h9,12-14,17-18,20H,10-11H2,1-8H3,(H,25,28)(H,26,30). The van der Waals surface area contributed by atoms with Crippen LogP contribution in [0.2, 0.25) is 0 Å². The van der Waals surface area contributed by atoms with Crippen molar-refractivity contribution in [1.82, 2.24) is 15.5 Å². The number of nitrogens with zero attached hydrogens (tertiary/aromatic N) is 1. The molecule has 2 unspecified atom stereocenters. The van der Waals surface area contributed by atoms with Crippen LogP contribution < -0.4 is 10.6 Å². The van der Waals surface area contributed by atoms with Gasteiger partial charge in [-0.3, -0.25) is 9.59 Å². The number of amides is 3. The number of rotatable bonds is 7. The van der Waals surface area contributed by atoms with Gasteiger partial charge in [0.1, 0.15) is 17.7 Å². The zero-order valence-corrected chi connectivity index (χ0v) is 20.0. The number of ether oxygens (including phenoxy) is 1. The molecule has 0 bridgehead atoms. The highest BCUT2D eigenvalue weighted by Crippen LogP contribution is 2.36. The lowest BCUT2D eigenvalue weighted by molar-refractivity contribution is -0.143. The topological polar surface area (TPSA) is 87.7 Å². The lowest BCUT2D eigenvalue weighted by Crippen LogP contribution is -2.53. The zero-order chi connectivity index (χ0) is 23.5. The summed E-state index contributed by atoms with van der Waals surface area (Å²) >= 11 is 0. The Hall–Kier alpha value is -2.57. The van der Waals surface area contributed by atoms with Gasteiger partial charge in [-0.05, 0) is 79.4 Å². The smallest absolute Gasteiger partial charge is 0.408 e. The Morgan fingerprint density at radius 1 is 1.06 bits per heavy atom. The summed E-state index contributed by atoms with van der Waals surface area (Å²) in [6, 6.07) is 4.22. The van der Waals surface area contributed by atoms with Crippen LogP contribution in [0.3, 0.4) is 0 Å². The van der Waals surface area contributed by atoms with Gasteiger partial charge in [0, 0.05) is 12.1 Å². The number of hydrogen-bond donors (Lipinski definition) is 2. The van der Waals surface area contributed by atoms with E-state index in [0.717, 1.165) is 29.5 Å². The van der Waals surface area contributed by atoms with Gasteiger partial charge >= 0.3 is 6.09 Å². The molecule has 3 amide bonds. The van der Waals surface area contributed by atoms with Crippen LogP contribution in [0.15, 0.2) is 18.2 Å². The van der Waals surface area contributed by atoms with Gasteiger partial charge in [0.2, 0.25) is 11.8 Å². The Balaban J connectivity index is 2.36. The molecule has 2 atom stereocenters. The van der Waals surface area contributed by atoms with Crippen LogP contribution in [-0.2, 0) is 14.3 Å². The van der Waals surface area contributed by atoms with Gasteiger partial charge in [0.15, 0.2) is 0 Å². The van der Waals surface area contributed by atoms with Crippen molar-refractivity contribution in [3.8, 4) is 0 Å². The fourth-order valence-corrected chi connectivity index (χ4v) is 3.55. The monoisotopic (exact) mass is 431 g/mol. The molecule has 0 saturated heterocycles. The van der Waals surface area contributed by atoms with E-state index in [0.29, 0.717) is 0 Å². The van der Waals surface area contributed by atoms with Crippen molar-refractivity contribution in [2.24, 2.45) is 0 Å². The molecule has 0 spiro atoms. The summed E-state index contributed by atoms with van der Waals surface area (Å²) in [5, 5.41) is 5.59. The predicted octanol–water partition coefficient (Wildman–Crippen LogP) is 3.77. The Morgan fingerprint density at radius 3 is 2.16 bits per heavy atom. The van der Waals surface area contributed by atoms with E-state index in [4.69, 9.17) is 4.74 Å². The van der Waals surface area contributed by atoms with Gasteiger partial charge < -0.3 is 20.3 Å². The summed E-state index contributed by atoms with van der Waals surface area (Å²) in [6.45, 7) is 14.7. The van der Waals surface area contributed by atoms with Gasteiger partial charge in [-0.15, -0.1) is 0 Å². The van der Waals surface area contributed by atoms with E-state index in [1.807, 2.05) is 45.9 Å². The Morgan fingerprint density at radius 2 is 1.68 bits per heavy atom. The molecule has 0 aromatic heterocycles. The second-order valence-electron chi connectivity index (χ2n) is 9.77. The fourth-order valence-electron chi connectivity index (χ4n) is 3.55. The fraction of sp³-hybridized carbons (Fsp3) is 0.625. The lowest BCUT2D eigenvalue weighted by Gasteiger charge is -2.35. The molecule has 31 heavy (non-hydrogen) atoms. The molecule has 7 nitrogen and oxygen atoms in total. The van der Waals surface area contributed by atoms with Crippen LogP contribution in [0.4, 0.5) is 4.79 Å². The molecular weight excluding hydrogens is 394 g/mol. The molecule has 1 aromatic carbocycles. The van der Waals surface area contributed by atoms with Crippen LogP contribution in [0.25, 0.3) is 0 Å². The van der Waals surface area contributed by atoms with E-state index in [-0.39, 0.29) is 23.9 Å². The first kappa shape index (κ1) is 24.7. The summed E-state index contributed by atoms with van der Waals surface area (Å²) in [7, 11) is 0. The van der Waals surface area contributed by atoms with Crippen LogP contribution in [0, 0.1) is 13.8 Å². The normalized spacial score (nSPS) is 15.8.